The van der Waals surface area contributed by atoms with Crippen molar-refractivity contribution in [3.63, 3.8) is 0 Å². The molecule has 16 heavy (non-hydrogen) atoms. The molecule has 1 aromatic rings. The molecule has 1 aromatic heterocycles. The molecule has 1 unspecified atom stereocenters. The van der Waals surface area contributed by atoms with Gasteiger partial charge in [0.1, 0.15) is 5.82 Å². The van der Waals surface area contributed by atoms with Crippen LogP contribution in [0.25, 0.3) is 0 Å². The molecular weight excluding hydrogens is 198 g/mol. The van der Waals surface area contributed by atoms with Gasteiger partial charge in [-0.05, 0) is 36.3 Å². The van der Waals surface area contributed by atoms with Crippen molar-refractivity contribution in [2.24, 2.45) is 11.1 Å². The van der Waals surface area contributed by atoms with Crippen LogP contribution in [0.5, 0.6) is 0 Å². The van der Waals surface area contributed by atoms with Crippen LogP contribution in [0.4, 0.5) is 5.82 Å². The number of anilines is 1. The van der Waals surface area contributed by atoms with Crippen LogP contribution >= 0.6 is 0 Å². The van der Waals surface area contributed by atoms with Crippen LogP contribution in [-0.2, 0) is 6.42 Å². The van der Waals surface area contributed by atoms with Crippen LogP contribution < -0.4 is 11.5 Å². The van der Waals surface area contributed by atoms with Gasteiger partial charge in [0.05, 0.1) is 0 Å². The molecule has 0 aliphatic carbocycles. The Morgan fingerprint density at radius 3 is 2.62 bits per heavy atom. The van der Waals surface area contributed by atoms with E-state index in [2.05, 4.69) is 25.8 Å². The Labute approximate surface area is 98.3 Å². The zero-order chi connectivity index (χ0) is 12.2. The fraction of sp³-hybridized carbons (Fsp3) is 0.615. The summed E-state index contributed by atoms with van der Waals surface area (Å²) in [6.45, 7) is 6.53. The van der Waals surface area contributed by atoms with Crippen LogP contribution in [-0.4, -0.2) is 11.0 Å². The zero-order valence-electron chi connectivity index (χ0n) is 10.5. The molecule has 0 bridgehead atoms. The molecule has 0 saturated carbocycles. The van der Waals surface area contributed by atoms with Gasteiger partial charge >= 0.3 is 0 Å². The first-order chi connectivity index (χ1) is 7.41. The average molecular weight is 221 g/mol. The third-order valence-corrected chi connectivity index (χ3v) is 3.00. The summed E-state index contributed by atoms with van der Waals surface area (Å²) in [4.78, 5) is 4.07. The number of hydrogen-bond donors (Lipinski definition) is 2. The highest BCUT2D eigenvalue weighted by atomic mass is 14.8. The Bertz CT molecular complexity index is 328. The predicted octanol–water partition coefficient (Wildman–Crippen LogP) is 2.36. The molecule has 0 fully saturated rings. The number of rotatable bonds is 4. The number of nitrogens with two attached hydrogens (primary N) is 2. The molecule has 3 heteroatoms. The molecule has 1 atom stereocenters. The van der Waals surface area contributed by atoms with Crippen molar-refractivity contribution in [3.05, 3.63) is 23.9 Å². The first-order valence-electron chi connectivity index (χ1n) is 5.86. The van der Waals surface area contributed by atoms with E-state index in [1.54, 1.807) is 6.20 Å². The fourth-order valence-electron chi connectivity index (χ4n) is 1.61. The minimum Gasteiger partial charge on any atom is -0.383 e. The average Bonchev–Trinajstić information content (AvgIpc) is 2.19. The minimum atomic E-state index is 0.181. The first kappa shape index (κ1) is 13.0. The Morgan fingerprint density at radius 1 is 1.38 bits per heavy atom. The standard InChI is InChI=1S/C13H23N3/c1-13(2,3)11(14)8-4-6-10-7-5-9-16-12(10)15/h5,7,9,11H,4,6,8,14H2,1-3H3,(H2,15,16). The van der Waals surface area contributed by atoms with E-state index < -0.39 is 0 Å². The minimum absolute atomic E-state index is 0.181. The van der Waals surface area contributed by atoms with Gasteiger partial charge in [-0.2, -0.15) is 0 Å². The maximum absolute atomic E-state index is 6.11. The van der Waals surface area contributed by atoms with Crippen LogP contribution in [0.2, 0.25) is 0 Å². The van der Waals surface area contributed by atoms with Crippen molar-refractivity contribution >= 4 is 5.82 Å². The van der Waals surface area contributed by atoms with E-state index in [-0.39, 0.29) is 11.5 Å². The topological polar surface area (TPSA) is 64.9 Å². The fourth-order valence-corrected chi connectivity index (χ4v) is 1.61. The summed E-state index contributed by atoms with van der Waals surface area (Å²) in [6, 6.07) is 4.20. The SMILES string of the molecule is CC(C)(C)C(N)CCCc1cccnc1N. The van der Waals surface area contributed by atoms with Gasteiger partial charge in [-0.15, -0.1) is 0 Å². The van der Waals surface area contributed by atoms with E-state index in [9.17, 15) is 0 Å². The molecule has 0 spiro atoms. The molecule has 4 N–H and O–H groups in total. The van der Waals surface area contributed by atoms with Crippen molar-refractivity contribution in [1.82, 2.24) is 4.98 Å². The lowest BCUT2D eigenvalue weighted by atomic mass is 9.84. The van der Waals surface area contributed by atoms with Crippen LogP contribution in [0.15, 0.2) is 18.3 Å². The highest BCUT2D eigenvalue weighted by Crippen LogP contribution is 2.22. The predicted molar refractivity (Wildman–Crippen MR) is 69.0 cm³/mol. The molecule has 0 saturated heterocycles. The van der Waals surface area contributed by atoms with Crippen LogP contribution in [0.3, 0.4) is 0 Å². The molecule has 1 heterocycles. The summed E-state index contributed by atoms with van der Waals surface area (Å²) in [5.74, 6) is 0.645. The van der Waals surface area contributed by atoms with E-state index >= 15 is 0 Å². The van der Waals surface area contributed by atoms with Crippen LogP contribution in [0, 0.1) is 5.41 Å². The second-order valence-corrected chi connectivity index (χ2v) is 5.41. The summed E-state index contributed by atoms with van der Waals surface area (Å²) in [6.07, 6.45) is 4.77. The van der Waals surface area contributed by atoms with Crippen molar-refractivity contribution in [3.8, 4) is 0 Å². The highest BCUT2D eigenvalue weighted by molar-refractivity contribution is 5.38. The second-order valence-electron chi connectivity index (χ2n) is 5.41. The summed E-state index contributed by atoms with van der Waals surface area (Å²) < 4.78 is 0. The number of pyridine rings is 1. The Balaban J connectivity index is 2.40. The number of nitrogens with zero attached hydrogens (tertiary/aromatic N) is 1. The number of aryl methyl sites for hydroxylation is 1. The molecule has 0 radical (unpaired) electrons. The zero-order valence-corrected chi connectivity index (χ0v) is 10.5. The Hall–Kier alpha value is -1.09. The summed E-state index contributed by atoms with van der Waals surface area (Å²) in [5, 5.41) is 0. The van der Waals surface area contributed by atoms with Gasteiger partial charge in [-0.3, -0.25) is 0 Å². The van der Waals surface area contributed by atoms with Gasteiger partial charge < -0.3 is 11.5 Å². The van der Waals surface area contributed by atoms with Crippen molar-refractivity contribution in [2.45, 2.75) is 46.1 Å². The van der Waals surface area contributed by atoms with Gasteiger partial charge in [0.25, 0.3) is 0 Å². The van der Waals surface area contributed by atoms with Crippen molar-refractivity contribution in [2.75, 3.05) is 5.73 Å². The number of aromatic nitrogens is 1. The lowest BCUT2D eigenvalue weighted by Crippen LogP contribution is -2.34. The quantitative estimate of drug-likeness (QED) is 0.820. The largest absolute Gasteiger partial charge is 0.383 e. The first-order valence-corrected chi connectivity index (χ1v) is 5.86. The summed E-state index contributed by atoms with van der Waals surface area (Å²) in [5.41, 5.74) is 13.2. The van der Waals surface area contributed by atoms with Gasteiger partial charge in [0.15, 0.2) is 0 Å². The van der Waals surface area contributed by atoms with E-state index in [4.69, 9.17) is 11.5 Å². The monoisotopic (exact) mass is 221 g/mol. The van der Waals surface area contributed by atoms with Gasteiger partial charge in [-0.25, -0.2) is 4.98 Å². The third kappa shape index (κ3) is 3.81. The van der Waals surface area contributed by atoms with Gasteiger partial charge in [0.2, 0.25) is 0 Å². The normalized spacial score (nSPS) is 13.8. The summed E-state index contributed by atoms with van der Waals surface area (Å²) in [7, 11) is 0. The Morgan fingerprint density at radius 2 is 2.06 bits per heavy atom. The summed E-state index contributed by atoms with van der Waals surface area (Å²) >= 11 is 0. The van der Waals surface area contributed by atoms with Gasteiger partial charge in [0, 0.05) is 12.2 Å². The highest BCUT2D eigenvalue weighted by Gasteiger charge is 2.19. The Kier molecular flexibility index (Phi) is 4.30. The number of hydrogen-bond acceptors (Lipinski definition) is 3. The molecular formula is C13H23N3. The molecule has 0 aliphatic heterocycles. The lowest BCUT2D eigenvalue weighted by Gasteiger charge is -2.26. The molecule has 0 aliphatic rings. The number of nitrogen functional groups attached to an aromatic ring is 1. The third-order valence-electron chi connectivity index (χ3n) is 3.00. The molecule has 1 rings (SSSR count). The maximum Gasteiger partial charge on any atom is 0.126 e. The second kappa shape index (κ2) is 5.30. The van der Waals surface area contributed by atoms with E-state index in [1.165, 1.54) is 0 Å². The smallest absolute Gasteiger partial charge is 0.126 e. The maximum atomic E-state index is 6.11. The molecule has 0 amide bonds. The molecule has 0 aromatic carbocycles. The van der Waals surface area contributed by atoms with E-state index in [0.717, 1.165) is 24.8 Å². The molecule has 90 valence electrons. The van der Waals surface area contributed by atoms with Gasteiger partial charge in [-0.1, -0.05) is 26.8 Å². The van der Waals surface area contributed by atoms with Crippen molar-refractivity contribution < 1.29 is 0 Å². The van der Waals surface area contributed by atoms with E-state index in [0.29, 0.717) is 5.82 Å². The lowest BCUT2D eigenvalue weighted by molar-refractivity contribution is 0.301. The van der Waals surface area contributed by atoms with Crippen LogP contribution in [0.1, 0.15) is 39.2 Å². The van der Waals surface area contributed by atoms with Crippen molar-refractivity contribution in [1.29, 1.82) is 0 Å². The molecule has 3 nitrogen and oxygen atoms in total. The van der Waals surface area contributed by atoms with E-state index in [1.807, 2.05) is 12.1 Å².